The Bertz CT molecular complexity index is 938. The second kappa shape index (κ2) is 7.13. The van der Waals surface area contributed by atoms with E-state index in [0.29, 0.717) is 18.5 Å². The van der Waals surface area contributed by atoms with E-state index in [1.807, 2.05) is 17.0 Å². The van der Waals surface area contributed by atoms with E-state index in [0.717, 1.165) is 31.2 Å². The number of rotatable bonds is 4. The number of hydrogen-bond donors (Lipinski definition) is 0. The molecule has 0 saturated carbocycles. The van der Waals surface area contributed by atoms with Crippen LogP contribution in [0.2, 0.25) is 0 Å². The molecular formula is C20H24N4O3. The summed E-state index contributed by atoms with van der Waals surface area (Å²) in [6, 6.07) is 7.31. The lowest BCUT2D eigenvalue weighted by atomic mass is 9.94. The van der Waals surface area contributed by atoms with E-state index >= 15 is 0 Å². The normalized spacial score (nSPS) is 22.3. The molecule has 0 N–H and O–H groups in total. The maximum atomic E-state index is 12.9. The Morgan fingerprint density at radius 2 is 2.00 bits per heavy atom. The highest BCUT2D eigenvalue weighted by molar-refractivity contribution is 5.83. The molecule has 27 heavy (non-hydrogen) atoms. The van der Waals surface area contributed by atoms with Gasteiger partial charge in [-0.2, -0.15) is 5.10 Å². The van der Waals surface area contributed by atoms with Gasteiger partial charge < -0.3 is 9.80 Å². The standard InChI is InChI=1S/C20H24N4O3/c1-2-9-23-16-8-7-15(19(23)26)11-22(12-16)18(25)13-24-20(27)17-6-4-3-5-14(17)10-21-24/h3-6,10,15-16H,2,7-9,11-13H2,1H3/t15-,16+/m0/s1. The number of amides is 2. The zero-order valence-corrected chi connectivity index (χ0v) is 15.5. The lowest BCUT2D eigenvalue weighted by Crippen LogP contribution is -2.48. The Hall–Kier alpha value is -2.70. The maximum Gasteiger partial charge on any atom is 0.275 e. The fourth-order valence-corrected chi connectivity index (χ4v) is 4.25. The monoisotopic (exact) mass is 368 g/mol. The molecule has 3 fully saturated rings. The van der Waals surface area contributed by atoms with Crippen molar-refractivity contribution in [2.75, 3.05) is 19.6 Å². The Kier molecular flexibility index (Phi) is 4.68. The van der Waals surface area contributed by atoms with Crippen LogP contribution >= 0.6 is 0 Å². The van der Waals surface area contributed by atoms with E-state index in [1.165, 1.54) is 4.68 Å². The third-order valence-electron chi connectivity index (χ3n) is 5.66. The SMILES string of the molecule is CCCN1C(=O)[C@H]2CC[C@@H]1CN(C(=O)Cn1ncc3ccccc3c1=O)C2. The van der Waals surface area contributed by atoms with Gasteiger partial charge in [0, 0.05) is 31.1 Å². The van der Waals surface area contributed by atoms with Crippen molar-refractivity contribution in [3.8, 4) is 0 Å². The summed E-state index contributed by atoms with van der Waals surface area (Å²) in [6.07, 6.45) is 4.30. The molecule has 5 rings (SSSR count). The quantitative estimate of drug-likeness (QED) is 0.814. The smallest absolute Gasteiger partial charge is 0.275 e. The molecule has 1 aromatic carbocycles. The minimum atomic E-state index is -0.261. The van der Waals surface area contributed by atoms with E-state index in [-0.39, 0.29) is 35.9 Å². The minimum absolute atomic E-state index is 0.0847. The molecule has 7 nitrogen and oxygen atoms in total. The number of piperidine rings is 1. The zero-order valence-electron chi connectivity index (χ0n) is 15.5. The second-order valence-electron chi connectivity index (χ2n) is 7.45. The summed E-state index contributed by atoms with van der Waals surface area (Å²) in [5.74, 6) is -0.104. The molecule has 0 unspecified atom stereocenters. The predicted molar refractivity (Wildman–Crippen MR) is 101 cm³/mol. The molecule has 2 amide bonds. The average molecular weight is 368 g/mol. The molecule has 0 radical (unpaired) electrons. The van der Waals surface area contributed by atoms with Gasteiger partial charge in [-0.1, -0.05) is 25.1 Å². The van der Waals surface area contributed by atoms with Gasteiger partial charge in [-0.3, -0.25) is 14.4 Å². The first-order chi connectivity index (χ1) is 13.1. The fraction of sp³-hybridized carbons (Fsp3) is 0.500. The first-order valence-corrected chi connectivity index (χ1v) is 9.61. The van der Waals surface area contributed by atoms with Gasteiger partial charge >= 0.3 is 0 Å². The number of carbonyl (C=O) groups excluding carboxylic acids is 2. The highest BCUT2D eigenvalue weighted by Crippen LogP contribution is 2.29. The van der Waals surface area contributed by atoms with Gasteiger partial charge in [0.25, 0.3) is 5.56 Å². The summed E-state index contributed by atoms with van der Waals surface area (Å²) in [5, 5.41) is 5.48. The van der Waals surface area contributed by atoms with Crippen molar-refractivity contribution in [3.05, 3.63) is 40.8 Å². The molecule has 3 aliphatic heterocycles. The molecule has 142 valence electrons. The summed E-state index contributed by atoms with van der Waals surface area (Å²) in [7, 11) is 0. The first kappa shape index (κ1) is 17.7. The topological polar surface area (TPSA) is 75.5 Å². The third kappa shape index (κ3) is 3.22. The molecule has 4 heterocycles. The number of fused-ring (bicyclic) bond motifs is 5. The molecule has 7 heteroatoms. The Labute approximate surface area is 157 Å². The Morgan fingerprint density at radius 3 is 2.81 bits per heavy atom. The molecule has 2 atom stereocenters. The molecule has 0 aliphatic carbocycles. The van der Waals surface area contributed by atoms with Crippen LogP contribution in [0, 0.1) is 5.92 Å². The van der Waals surface area contributed by atoms with Crippen LogP contribution in [0.15, 0.2) is 35.3 Å². The summed E-state index contributed by atoms with van der Waals surface area (Å²) in [4.78, 5) is 41.8. The van der Waals surface area contributed by atoms with Crippen LogP contribution in [0.1, 0.15) is 26.2 Å². The van der Waals surface area contributed by atoms with Crippen molar-refractivity contribution >= 4 is 22.6 Å². The van der Waals surface area contributed by atoms with E-state index in [9.17, 15) is 14.4 Å². The highest BCUT2D eigenvalue weighted by atomic mass is 16.2. The van der Waals surface area contributed by atoms with Gasteiger partial charge in [-0.05, 0) is 25.3 Å². The lowest BCUT2D eigenvalue weighted by molar-refractivity contribution is -0.139. The van der Waals surface area contributed by atoms with Crippen molar-refractivity contribution in [2.24, 2.45) is 5.92 Å². The Balaban J connectivity index is 1.55. The van der Waals surface area contributed by atoms with Crippen LogP contribution in [0.3, 0.4) is 0 Å². The molecule has 2 aromatic rings. The highest BCUT2D eigenvalue weighted by Gasteiger charge is 2.41. The van der Waals surface area contributed by atoms with Crippen molar-refractivity contribution in [1.29, 1.82) is 0 Å². The van der Waals surface area contributed by atoms with Crippen molar-refractivity contribution in [1.82, 2.24) is 19.6 Å². The summed E-state index contributed by atoms with van der Waals surface area (Å²) >= 11 is 0. The third-order valence-corrected chi connectivity index (χ3v) is 5.66. The molecule has 1 aromatic heterocycles. The largest absolute Gasteiger partial charge is 0.338 e. The van der Waals surface area contributed by atoms with E-state index in [4.69, 9.17) is 0 Å². The number of nitrogens with zero attached hydrogens (tertiary/aromatic N) is 4. The van der Waals surface area contributed by atoms with Crippen LogP contribution in [0.4, 0.5) is 0 Å². The minimum Gasteiger partial charge on any atom is -0.338 e. The zero-order chi connectivity index (χ0) is 19.0. The van der Waals surface area contributed by atoms with Crippen molar-refractivity contribution < 1.29 is 9.59 Å². The van der Waals surface area contributed by atoms with Gasteiger partial charge in [0.1, 0.15) is 6.54 Å². The molecule has 3 aliphatic rings. The van der Waals surface area contributed by atoms with Gasteiger partial charge in [0.05, 0.1) is 17.5 Å². The number of carbonyl (C=O) groups is 2. The number of aromatic nitrogens is 2. The Morgan fingerprint density at radius 1 is 1.19 bits per heavy atom. The average Bonchev–Trinajstić information content (AvgIpc) is 2.97. The summed E-state index contributed by atoms with van der Waals surface area (Å²) in [5.41, 5.74) is -0.261. The second-order valence-corrected chi connectivity index (χ2v) is 7.45. The van der Waals surface area contributed by atoms with E-state index in [1.54, 1.807) is 23.2 Å². The molecular weight excluding hydrogens is 344 g/mol. The number of benzene rings is 1. The summed E-state index contributed by atoms with van der Waals surface area (Å²) in [6.45, 7) is 3.70. The van der Waals surface area contributed by atoms with Gasteiger partial charge in [-0.15, -0.1) is 0 Å². The first-order valence-electron chi connectivity index (χ1n) is 9.61. The molecule has 2 bridgehead atoms. The van der Waals surface area contributed by atoms with Gasteiger partial charge in [-0.25, -0.2) is 4.68 Å². The van der Waals surface area contributed by atoms with E-state index in [2.05, 4.69) is 12.0 Å². The maximum absolute atomic E-state index is 12.9. The molecule has 3 saturated heterocycles. The fourth-order valence-electron chi connectivity index (χ4n) is 4.25. The predicted octanol–water partition coefficient (Wildman–Crippen LogP) is 1.26. The van der Waals surface area contributed by atoms with Crippen LogP contribution < -0.4 is 5.56 Å². The van der Waals surface area contributed by atoms with Gasteiger partial charge in [0.2, 0.25) is 11.8 Å². The lowest BCUT2D eigenvalue weighted by Gasteiger charge is -2.35. The van der Waals surface area contributed by atoms with Crippen LogP contribution in [-0.2, 0) is 16.1 Å². The van der Waals surface area contributed by atoms with Crippen molar-refractivity contribution in [2.45, 2.75) is 38.8 Å². The van der Waals surface area contributed by atoms with Crippen molar-refractivity contribution in [3.63, 3.8) is 0 Å². The van der Waals surface area contributed by atoms with Crippen LogP contribution in [0.25, 0.3) is 10.8 Å². The molecule has 0 spiro atoms. The van der Waals surface area contributed by atoms with Crippen LogP contribution in [-0.4, -0.2) is 57.1 Å². The van der Waals surface area contributed by atoms with Gasteiger partial charge in [0.15, 0.2) is 0 Å². The van der Waals surface area contributed by atoms with Crippen LogP contribution in [0.5, 0.6) is 0 Å². The number of hydrogen-bond acceptors (Lipinski definition) is 4. The van der Waals surface area contributed by atoms with E-state index < -0.39 is 0 Å². The summed E-state index contributed by atoms with van der Waals surface area (Å²) < 4.78 is 1.23.